The largest absolute Gasteiger partial charge is 0.314 e. The molecule has 3 rings (SSSR count). The summed E-state index contributed by atoms with van der Waals surface area (Å²) in [6.07, 6.45) is 11.5. The maximum atomic E-state index is 3.82. The molecule has 0 spiro atoms. The van der Waals surface area contributed by atoms with Gasteiger partial charge in [-0.1, -0.05) is 33.6 Å². The zero-order valence-corrected chi connectivity index (χ0v) is 14.5. The molecule has 2 heteroatoms. The van der Waals surface area contributed by atoms with E-state index in [9.17, 15) is 0 Å². The maximum absolute atomic E-state index is 3.82. The van der Waals surface area contributed by atoms with Crippen molar-refractivity contribution in [1.29, 1.82) is 0 Å². The molecule has 0 aromatic rings. The molecule has 3 fully saturated rings. The average molecular weight is 293 g/mol. The Balaban J connectivity index is 1.49. The van der Waals surface area contributed by atoms with Gasteiger partial charge in [0, 0.05) is 12.1 Å². The Morgan fingerprint density at radius 2 is 1.57 bits per heavy atom. The van der Waals surface area contributed by atoms with Crippen LogP contribution in [0, 0.1) is 17.3 Å². The van der Waals surface area contributed by atoms with Crippen molar-refractivity contribution in [2.45, 2.75) is 84.2 Å². The minimum absolute atomic E-state index is 0.478. The molecule has 122 valence electrons. The molecule has 2 aliphatic carbocycles. The molecule has 1 aliphatic heterocycles. The molecule has 1 heterocycles. The van der Waals surface area contributed by atoms with Crippen molar-refractivity contribution in [2.24, 2.45) is 17.3 Å². The summed E-state index contributed by atoms with van der Waals surface area (Å²) in [6.45, 7) is 11.3. The highest BCUT2D eigenvalue weighted by Gasteiger charge is 2.38. The van der Waals surface area contributed by atoms with Crippen LogP contribution in [-0.4, -0.2) is 36.6 Å². The second-order valence-electron chi connectivity index (χ2n) is 8.99. The van der Waals surface area contributed by atoms with Gasteiger partial charge in [0.05, 0.1) is 0 Å². The van der Waals surface area contributed by atoms with Gasteiger partial charge in [-0.2, -0.15) is 0 Å². The number of likely N-dealkylation sites (tertiary alicyclic amines) is 1. The van der Waals surface area contributed by atoms with Crippen molar-refractivity contribution in [1.82, 2.24) is 10.2 Å². The van der Waals surface area contributed by atoms with Gasteiger partial charge >= 0.3 is 0 Å². The standard InChI is InChI=1S/C19H36N2/c1-19(2,3)17-6-4-5-7-18(17)21-12-10-16(11-13-21)20-14-15-8-9-15/h15-18,20H,4-14H2,1-3H3. The smallest absolute Gasteiger partial charge is 0.0128 e. The van der Waals surface area contributed by atoms with Gasteiger partial charge in [0.2, 0.25) is 0 Å². The first-order valence-electron chi connectivity index (χ1n) is 9.51. The van der Waals surface area contributed by atoms with Gasteiger partial charge in [0.15, 0.2) is 0 Å². The van der Waals surface area contributed by atoms with Gasteiger partial charge in [0.25, 0.3) is 0 Å². The predicted octanol–water partition coefficient (Wildman–Crippen LogP) is 4.06. The summed E-state index contributed by atoms with van der Waals surface area (Å²) in [5, 5.41) is 3.82. The molecule has 3 aliphatic rings. The zero-order chi connectivity index (χ0) is 14.9. The topological polar surface area (TPSA) is 15.3 Å². The molecule has 0 bridgehead atoms. The zero-order valence-electron chi connectivity index (χ0n) is 14.5. The number of rotatable bonds is 4. The van der Waals surface area contributed by atoms with E-state index in [1.807, 2.05) is 0 Å². The summed E-state index contributed by atoms with van der Waals surface area (Å²) in [6, 6.07) is 1.67. The Morgan fingerprint density at radius 1 is 0.905 bits per heavy atom. The van der Waals surface area contributed by atoms with Crippen molar-refractivity contribution < 1.29 is 0 Å². The first kappa shape index (κ1) is 15.8. The summed E-state index contributed by atoms with van der Waals surface area (Å²) in [7, 11) is 0. The lowest BCUT2D eigenvalue weighted by molar-refractivity contribution is 0.0252. The lowest BCUT2D eigenvalue weighted by Crippen LogP contribution is -2.52. The monoisotopic (exact) mass is 292 g/mol. The third kappa shape index (κ3) is 4.22. The molecule has 2 saturated carbocycles. The van der Waals surface area contributed by atoms with Crippen LogP contribution in [0.5, 0.6) is 0 Å². The number of nitrogens with zero attached hydrogens (tertiary/aromatic N) is 1. The van der Waals surface area contributed by atoms with Gasteiger partial charge in [-0.25, -0.2) is 0 Å². The van der Waals surface area contributed by atoms with Gasteiger partial charge in [-0.15, -0.1) is 0 Å². The highest BCUT2D eigenvalue weighted by atomic mass is 15.2. The Bertz CT molecular complexity index is 321. The average Bonchev–Trinajstić information content (AvgIpc) is 3.29. The molecule has 0 aromatic carbocycles. The number of piperidine rings is 1. The molecule has 21 heavy (non-hydrogen) atoms. The predicted molar refractivity (Wildman–Crippen MR) is 90.5 cm³/mol. The van der Waals surface area contributed by atoms with E-state index in [-0.39, 0.29) is 0 Å². The van der Waals surface area contributed by atoms with Gasteiger partial charge in [-0.05, 0) is 75.4 Å². The number of hydrogen-bond acceptors (Lipinski definition) is 2. The lowest BCUT2D eigenvalue weighted by atomic mass is 9.69. The van der Waals surface area contributed by atoms with Crippen LogP contribution in [-0.2, 0) is 0 Å². The van der Waals surface area contributed by atoms with Gasteiger partial charge < -0.3 is 5.32 Å². The molecule has 1 saturated heterocycles. The molecular weight excluding hydrogens is 256 g/mol. The highest BCUT2D eigenvalue weighted by molar-refractivity contribution is 4.92. The maximum Gasteiger partial charge on any atom is 0.0128 e. The first-order valence-corrected chi connectivity index (χ1v) is 9.51. The fourth-order valence-corrected chi connectivity index (χ4v) is 4.65. The van der Waals surface area contributed by atoms with Crippen LogP contribution in [0.4, 0.5) is 0 Å². The van der Waals surface area contributed by atoms with Crippen LogP contribution in [0.15, 0.2) is 0 Å². The molecule has 2 nitrogen and oxygen atoms in total. The minimum Gasteiger partial charge on any atom is -0.314 e. The van der Waals surface area contributed by atoms with Crippen LogP contribution in [0.25, 0.3) is 0 Å². The SMILES string of the molecule is CC(C)(C)C1CCCCC1N1CCC(NCC2CC2)CC1. The summed E-state index contributed by atoms with van der Waals surface area (Å²) in [5.74, 6) is 1.92. The molecule has 0 amide bonds. The summed E-state index contributed by atoms with van der Waals surface area (Å²) in [4.78, 5) is 2.85. The van der Waals surface area contributed by atoms with Crippen LogP contribution in [0.1, 0.15) is 72.1 Å². The fraction of sp³-hybridized carbons (Fsp3) is 1.00. The van der Waals surface area contributed by atoms with E-state index in [4.69, 9.17) is 0 Å². The molecule has 0 radical (unpaired) electrons. The van der Waals surface area contributed by atoms with Crippen LogP contribution in [0.3, 0.4) is 0 Å². The quantitative estimate of drug-likeness (QED) is 0.841. The van der Waals surface area contributed by atoms with Crippen molar-refractivity contribution in [3.8, 4) is 0 Å². The van der Waals surface area contributed by atoms with Gasteiger partial charge in [0.1, 0.15) is 0 Å². The van der Waals surface area contributed by atoms with E-state index in [2.05, 4.69) is 31.0 Å². The summed E-state index contributed by atoms with van der Waals surface area (Å²) < 4.78 is 0. The molecular formula is C19H36N2. The third-order valence-electron chi connectivity index (χ3n) is 6.23. The van der Waals surface area contributed by atoms with Crippen molar-refractivity contribution in [3.63, 3.8) is 0 Å². The first-order chi connectivity index (χ1) is 10.0. The van der Waals surface area contributed by atoms with E-state index in [0.717, 1.165) is 23.9 Å². The Hall–Kier alpha value is -0.0800. The summed E-state index contributed by atoms with van der Waals surface area (Å²) in [5.41, 5.74) is 0.478. The second kappa shape index (κ2) is 6.58. The third-order valence-corrected chi connectivity index (χ3v) is 6.23. The minimum atomic E-state index is 0.478. The van der Waals surface area contributed by atoms with E-state index < -0.39 is 0 Å². The van der Waals surface area contributed by atoms with Crippen molar-refractivity contribution >= 4 is 0 Å². The van der Waals surface area contributed by atoms with Crippen LogP contribution < -0.4 is 5.32 Å². The summed E-state index contributed by atoms with van der Waals surface area (Å²) >= 11 is 0. The molecule has 1 N–H and O–H groups in total. The van der Waals surface area contributed by atoms with Crippen molar-refractivity contribution in [3.05, 3.63) is 0 Å². The van der Waals surface area contributed by atoms with Gasteiger partial charge in [-0.3, -0.25) is 4.90 Å². The van der Waals surface area contributed by atoms with Crippen LogP contribution in [0.2, 0.25) is 0 Å². The van der Waals surface area contributed by atoms with E-state index in [1.54, 1.807) is 0 Å². The fourth-order valence-electron chi connectivity index (χ4n) is 4.65. The molecule has 0 aromatic heterocycles. The second-order valence-corrected chi connectivity index (χ2v) is 8.99. The van der Waals surface area contributed by atoms with Crippen molar-refractivity contribution in [2.75, 3.05) is 19.6 Å². The Kier molecular flexibility index (Phi) is 4.95. The normalized spacial score (nSPS) is 33.3. The Labute approximate surface area is 132 Å². The highest BCUT2D eigenvalue weighted by Crippen LogP contribution is 2.41. The van der Waals surface area contributed by atoms with E-state index in [0.29, 0.717) is 5.41 Å². The number of nitrogens with one attached hydrogen (secondary N) is 1. The van der Waals surface area contributed by atoms with Crippen LogP contribution >= 0.6 is 0 Å². The Morgan fingerprint density at radius 3 is 2.19 bits per heavy atom. The molecule has 2 unspecified atom stereocenters. The van der Waals surface area contributed by atoms with E-state index in [1.165, 1.54) is 71.0 Å². The molecule has 2 atom stereocenters. The lowest BCUT2D eigenvalue weighted by Gasteiger charge is -2.48. The van der Waals surface area contributed by atoms with E-state index >= 15 is 0 Å². The number of hydrogen-bond donors (Lipinski definition) is 1.